The number of nitrogen functional groups attached to an aromatic ring is 1. The molecule has 3 N–H and O–H groups in total. The van der Waals surface area contributed by atoms with Gasteiger partial charge in [-0.3, -0.25) is 4.90 Å². The Morgan fingerprint density at radius 3 is 2.63 bits per heavy atom. The lowest BCUT2D eigenvalue weighted by molar-refractivity contribution is 0.143. The van der Waals surface area contributed by atoms with Crippen LogP contribution in [-0.2, 0) is 0 Å². The number of nitrogens with zero attached hydrogens (tertiary/aromatic N) is 5. The maximum Gasteiger partial charge on any atom is 0.319 e. The van der Waals surface area contributed by atoms with E-state index in [1.165, 1.54) is 12.1 Å². The minimum atomic E-state index is -0.626. The van der Waals surface area contributed by atoms with Crippen LogP contribution in [0.25, 0.3) is 32.2 Å². The van der Waals surface area contributed by atoms with Crippen molar-refractivity contribution in [2.24, 2.45) is 0 Å². The molecule has 41 heavy (non-hydrogen) atoms. The molecular weight excluding hydrogens is 588 g/mol. The number of hydrogen-bond acceptors (Lipinski definition) is 10. The smallest absolute Gasteiger partial charge is 0.319 e. The van der Waals surface area contributed by atoms with Crippen molar-refractivity contribution in [3.05, 3.63) is 34.9 Å². The maximum atomic E-state index is 16.6. The van der Waals surface area contributed by atoms with Crippen molar-refractivity contribution in [3.63, 3.8) is 0 Å². The zero-order chi connectivity index (χ0) is 28.2. The SMILES string of the molecule is CC(CN1CCSCC1)Oc1nc(N2CC3CCC(C2)N3)c2cc(Cl)c(-c3ccc(F)c4sc(N)nc34)c(F)c2n1. The molecule has 2 aromatic heterocycles. The van der Waals surface area contributed by atoms with Crippen LogP contribution in [0.2, 0.25) is 5.02 Å². The molecule has 3 unspecified atom stereocenters. The summed E-state index contributed by atoms with van der Waals surface area (Å²) < 4.78 is 37.7. The molecule has 4 aromatic rings. The highest BCUT2D eigenvalue weighted by atomic mass is 35.5. The molecule has 0 spiro atoms. The molecule has 3 atom stereocenters. The van der Waals surface area contributed by atoms with Crippen LogP contribution in [0.3, 0.4) is 0 Å². The highest BCUT2D eigenvalue weighted by Gasteiger charge is 2.34. The molecule has 0 amide bonds. The fourth-order valence-electron chi connectivity index (χ4n) is 6.23. The van der Waals surface area contributed by atoms with Crippen molar-refractivity contribution in [1.29, 1.82) is 0 Å². The average Bonchev–Trinajstić information content (AvgIpc) is 3.51. The topological polar surface area (TPSA) is 92.4 Å². The first-order valence-corrected chi connectivity index (χ1v) is 16.2. The summed E-state index contributed by atoms with van der Waals surface area (Å²) in [6.45, 7) is 6.25. The zero-order valence-electron chi connectivity index (χ0n) is 22.5. The minimum Gasteiger partial charge on any atom is -0.459 e. The van der Waals surface area contributed by atoms with Gasteiger partial charge in [-0.15, -0.1) is 0 Å². The van der Waals surface area contributed by atoms with E-state index in [1.54, 1.807) is 6.07 Å². The number of thioether (sulfide) groups is 1. The van der Waals surface area contributed by atoms with Gasteiger partial charge in [-0.25, -0.2) is 13.8 Å². The van der Waals surface area contributed by atoms with Crippen LogP contribution < -0.4 is 20.7 Å². The van der Waals surface area contributed by atoms with Crippen molar-refractivity contribution in [1.82, 2.24) is 25.2 Å². The molecule has 3 aliphatic heterocycles. The van der Waals surface area contributed by atoms with E-state index in [2.05, 4.69) is 25.1 Å². The predicted molar refractivity (Wildman–Crippen MR) is 164 cm³/mol. The summed E-state index contributed by atoms with van der Waals surface area (Å²) in [6.07, 6.45) is 2.00. The van der Waals surface area contributed by atoms with Gasteiger partial charge in [0.05, 0.1) is 15.2 Å². The van der Waals surface area contributed by atoms with Gasteiger partial charge in [0.1, 0.15) is 23.3 Å². The first-order valence-electron chi connectivity index (χ1n) is 13.9. The number of ether oxygens (including phenoxy) is 1. The van der Waals surface area contributed by atoms with Crippen LogP contribution >= 0.6 is 34.7 Å². The number of hydrogen-bond donors (Lipinski definition) is 2. The lowest BCUT2D eigenvalue weighted by Gasteiger charge is -2.34. The van der Waals surface area contributed by atoms with E-state index in [0.29, 0.717) is 28.9 Å². The van der Waals surface area contributed by atoms with E-state index in [1.807, 2.05) is 18.7 Å². The summed E-state index contributed by atoms with van der Waals surface area (Å²) in [5.74, 6) is 1.72. The molecule has 0 radical (unpaired) electrons. The number of thiazole rings is 1. The molecule has 7 rings (SSSR count). The van der Waals surface area contributed by atoms with E-state index in [9.17, 15) is 4.39 Å². The van der Waals surface area contributed by atoms with E-state index >= 15 is 4.39 Å². The second-order valence-electron chi connectivity index (χ2n) is 11.0. The van der Waals surface area contributed by atoms with Crippen molar-refractivity contribution >= 4 is 66.8 Å². The summed E-state index contributed by atoms with van der Waals surface area (Å²) >= 11 is 9.76. The Morgan fingerprint density at radius 1 is 1.12 bits per heavy atom. The first-order chi connectivity index (χ1) is 19.8. The number of anilines is 2. The molecule has 2 aromatic carbocycles. The first kappa shape index (κ1) is 27.3. The third-order valence-electron chi connectivity index (χ3n) is 8.07. The monoisotopic (exact) mass is 617 g/mol. The van der Waals surface area contributed by atoms with Crippen molar-refractivity contribution < 1.29 is 13.5 Å². The van der Waals surface area contributed by atoms with Crippen LogP contribution in [-0.4, -0.2) is 82.3 Å². The van der Waals surface area contributed by atoms with E-state index in [4.69, 9.17) is 27.1 Å². The normalized spacial score (nSPS) is 22.1. The minimum absolute atomic E-state index is 0.101. The van der Waals surface area contributed by atoms with E-state index in [-0.39, 0.29) is 43.6 Å². The number of piperazine rings is 1. The third kappa shape index (κ3) is 5.18. The van der Waals surface area contributed by atoms with Gasteiger partial charge in [-0.2, -0.15) is 21.7 Å². The van der Waals surface area contributed by atoms with Gasteiger partial charge in [0.2, 0.25) is 0 Å². The summed E-state index contributed by atoms with van der Waals surface area (Å²) in [4.78, 5) is 18.3. The molecule has 3 aliphatic rings. The lowest BCUT2D eigenvalue weighted by Crippen LogP contribution is -2.51. The number of fused-ring (bicyclic) bond motifs is 4. The van der Waals surface area contributed by atoms with Crippen LogP contribution in [0.15, 0.2) is 18.2 Å². The summed E-state index contributed by atoms with van der Waals surface area (Å²) in [6, 6.07) is 5.30. The Kier molecular flexibility index (Phi) is 7.31. The summed E-state index contributed by atoms with van der Waals surface area (Å²) in [7, 11) is 0. The van der Waals surface area contributed by atoms with Crippen LogP contribution in [0, 0.1) is 11.6 Å². The zero-order valence-corrected chi connectivity index (χ0v) is 24.9. The lowest BCUT2D eigenvalue weighted by atomic mass is 10.0. The van der Waals surface area contributed by atoms with E-state index in [0.717, 1.165) is 68.4 Å². The Hall–Kier alpha value is -2.51. The molecule has 216 valence electrons. The van der Waals surface area contributed by atoms with Gasteiger partial charge in [0.25, 0.3) is 0 Å². The number of nitrogens with two attached hydrogens (primary N) is 1. The van der Waals surface area contributed by atoms with Gasteiger partial charge >= 0.3 is 6.01 Å². The van der Waals surface area contributed by atoms with Crippen molar-refractivity contribution in [2.75, 3.05) is 54.9 Å². The predicted octanol–water partition coefficient (Wildman–Crippen LogP) is 5.18. The molecular formula is C28H30ClF2N7OS2. The van der Waals surface area contributed by atoms with Crippen LogP contribution in [0.5, 0.6) is 6.01 Å². The number of rotatable bonds is 6. The van der Waals surface area contributed by atoms with Gasteiger partial charge in [-0.1, -0.05) is 22.9 Å². The second kappa shape index (κ2) is 11.0. The van der Waals surface area contributed by atoms with Gasteiger partial charge in [0, 0.05) is 72.8 Å². The molecule has 3 saturated heterocycles. The maximum absolute atomic E-state index is 16.6. The van der Waals surface area contributed by atoms with Crippen LogP contribution in [0.1, 0.15) is 19.8 Å². The highest BCUT2D eigenvalue weighted by Crippen LogP contribution is 2.43. The second-order valence-corrected chi connectivity index (χ2v) is 13.6. The van der Waals surface area contributed by atoms with Crippen molar-refractivity contribution in [3.8, 4) is 17.1 Å². The molecule has 0 aliphatic carbocycles. The number of nitrogens with one attached hydrogen (secondary N) is 1. The quantitative estimate of drug-likeness (QED) is 0.304. The highest BCUT2D eigenvalue weighted by molar-refractivity contribution is 7.99. The van der Waals surface area contributed by atoms with Gasteiger partial charge in [-0.05, 0) is 38.0 Å². The standard InChI is InChI=1S/C28H30ClF2N7OS2/c1-14(11-37-6-8-40-9-7-37)39-28-35-23-18(26(36-28)38-12-15-2-3-16(13-38)33-15)10-19(29)21(22(23)31)17-4-5-20(30)25-24(17)34-27(32)41-25/h4-5,10,14-16,33H,2-3,6-9,11-13H2,1H3,(H2,32,34). The molecule has 5 heterocycles. The van der Waals surface area contributed by atoms with Gasteiger partial charge < -0.3 is 20.7 Å². The molecule has 13 heteroatoms. The Morgan fingerprint density at radius 2 is 1.88 bits per heavy atom. The molecule has 8 nitrogen and oxygen atoms in total. The summed E-state index contributed by atoms with van der Waals surface area (Å²) in [5, 5.41) is 4.51. The molecule has 3 fully saturated rings. The Bertz CT molecular complexity index is 1620. The fraction of sp³-hybridized carbons (Fsp3) is 0.464. The van der Waals surface area contributed by atoms with Crippen molar-refractivity contribution in [2.45, 2.75) is 38.0 Å². The van der Waals surface area contributed by atoms with E-state index < -0.39 is 11.6 Å². The molecule has 0 saturated carbocycles. The third-order valence-corrected chi connectivity index (χ3v) is 10.2. The number of halogens is 3. The van der Waals surface area contributed by atoms with Crippen LogP contribution in [0.4, 0.5) is 19.7 Å². The average molecular weight is 618 g/mol. The Labute approximate surface area is 249 Å². The fourth-order valence-corrected chi connectivity index (χ4v) is 8.27. The summed E-state index contributed by atoms with van der Waals surface area (Å²) in [5.41, 5.74) is 6.74. The largest absolute Gasteiger partial charge is 0.459 e. The molecule has 2 bridgehead atoms. The number of benzene rings is 2. The Balaban J connectivity index is 1.34. The number of aromatic nitrogens is 3. The van der Waals surface area contributed by atoms with Gasteiger partial charge in [0.15, 0.2) is 10.9 Å².